The molecule has 0 aliphatic rings. The summed E-state index contributed by atoms with van der Waals surface area (Å²) in [6.07, 6.45) is 0.875. The highest BCUT2D eigenvalue weighted by molar-refractivity contribution is 9.10. The van der Waals surface area contributed by atoms with Crippen LogP contribution in [0.2, 0.25) is 0 Å². The lowest BCUT2D eigenvalue weighted by Gasteiger charge is -2.18. The van der Waals surface area contributed by atoms with Crippen LogP contribution < -0.4 is 5.32 Å². The van der Waals surface area contributed by atoms with E-state index in [9.17, 15) is 0 Å². The fourth-order valence-electron chi connectivity index (χ4n) is 2.54. The van der Waals surface area contributed by atoms with Crippen LogP contribution in [-0.4, -0.2) is 21.3 Å². The lowest BCUT2D eigenvalue weighted by molar-refractivity contribution is 0.505. The molecule has 0 saturated heterocycles. The maximum absolute atomic E-state index is 4.67. The molecular formula is C16H23BrN4. The fourth-order valence-corrected chi connectivity index (χ4v) is 2.99. The maximum Gasteiger partial charge on any atom is 0.0738 e. The zero-order valence-electron chi connectivity index (χ0n) is 13.2. The van der Waals surface area contributed by atoms with Crippen molar-refractivity contribution in [1.82, 2.24) is 20.1 Å². The van der Waals surface area contributed by atoms with Gasteiger partial charge in [0.2, 0.25) is 0 Å². The van der Waals surface area contributed by atoms with Crippen molar-refractivity contribution in [2.45, 2.75) is 46.7 Å². The van der Waals surface area contributed by atoms with Gasteiger partial charge in [-0.15, -0.1) is 0 Å². The molecule has 2 rings (SSSR count). The Hall–Kier alpha value is -1.20. The summed E-state index contributed by atoms with van der Waals surface area (Å²) in [6, 6.07) is 6.39. The molecule has 0 aliphatic carbocycles. The summed E-state index contributed by atoms with van der Waals surface area (Å²) in [4.78, 5) is 4.67. The Labute approximate surface area is 135 Å². The number of rotatable bonds is 6. The van der Waals surface area contributed by atoms with Crippen molar-refractivity contribution in [3.05, 3.63) is 45.4 Å². The Bertz CT molecular complexity index is 606. The van der Waals surface area contributed by atoms with Crippen molar-refractivity contribution < 1.29 is 0 Å². The number of halogens is 1. The predicted molar refractivity (Wildman–Crippen MR) is 89.4 cm³/mol. The molecule has 0 aromatic carbocycles. The van der Waals surface area contributed by atoms with Gasteiger partial charge >= 0.3 is 0 Å². The van der Waals surface area contributed by atoms with Gasteiger partial charge in [0.15, 0.2) is 0 Å². The molecule has 21 heavy (non-hydrogen) atoms. The van der Waals surface area contributed by atoms with Crippen LogP contribution in [0.5, 0.6) is 0 Å². The van der Waals surface area contributed by atoms with Gasteiger partial charge in [0.25, 0.3) is 0 Å². The summed E-state index contributed by atoms with van der Waals surface area (Å²) < 4.78 is 3.18. The highest BCUT2D eigenvalue weighted by atomic mass is 79.9. The van der Waals surface area contributed by atoms with E-state index in [4.69, 9.17) is 0 Å². The van der Waals surface area contributed by atoms with Gasteiger partial charge in [0, 0.05) is 18.7 Å². The highest BCUT2D eigenvalue weighted by Gasteiger charge is 2.19. The number of aromatic nitrogens is 3. The summed E-state index contributed by atoms with van der Waals surface area (Å²) in [5, 5.41) is 8.11. The average molecular weight is 351 g/mol. The summed E-state index contributed by atoms with van der Waals surface area (Å²) in [6.45, 7) is 10.1. The second-order valence-corrected chi connectivity index (χ2v) is 5.97. The minimum absolute atomic E-state index is 0.201. The zero-order valence-corrected chi connectivity index (χ0v) is 14.7. The van der Waals surface area contributed by atoms with Crippen LogP contribution in [0.4, 0.5) is 0 Å². The van der Waals surface area contributed by atoms with Crippen molar-refractivity contribution in [3.63, 3.8) is 0 Å². The first-order valence-corrected chi connectivity index (χ1v) is 8.24. The maximum atomic E-state index is 4.67. The zero-order chi connectivity index (χ0) is 15.4. The number of hydrogen-bond donors (Lipinski definition) is 1. The molecule has 0 amide bonds. The third-order valence-electron chi connectivity index (χ3n) is 3.57. The van der Waals surface area contributed by atoms with Crippen LogP contribution >= 0.6 is 15.9 Å². The van der Waals surface area contributed by atoms with E-state index in [1.165, 1.54) is 5.69 Å². The third kappa shape index (κ3) is 3.71. The number of aryl methyl sites for hydroxylation is 3. The Morgan fingerprint density at radius 2 is 2.05 bits per heavy atom. The van der Waals surface area contributed by atoms with E-state index < -0.39 is 0 Å². The van der Waals surface area contributed by atoms with Crippen molar-refractivity contribution in [2.24, 2.45) is 0 Å². The Balaban J connectivity index is 2.32. The van der Waals surface area contributed by atoms with E-state index in [2.05, 4.69) is 62.0 Å². The van der Waals surface area contributed by atoms with Gasteiger partial charge < -0.3 is 5.32 Å². The molecule has 1 N–H and O–H groups in total. The largest absolute Gasteiger partial charge is 0.309 e. The van der Waals surface area contributed by atoms with Gasteiger partial charge in [-0.1, -0.05) is 13.0 Å². The van der Waals surface area contributed by atoms with Crippen molar-refractivity contribution in [3.8, 4) is 0 Å². The van der Waals surface area contributed by atoms with Crippen molar-refractivity contribution in [2.75, 3.05) is 6.54 Å². The Kier molecular flexibility index (Phi) is 5.53. The summed E-state index contributed by atoms with van der Waals surface area (Å²) in [5.41, 5.74) is 4.41. The Morgan fingerprint density at radius 1 is 1.29 bits per heavy atom. The molecule has 5 heteroatoms. The molecule has 4 nitrogen and oxygen atoms in total. The SMILES string of the molecule is CCNC(Cc1c(Br)c(C)nn1CC)c1cccc(C)n1. The van der Waals surface area contributed by atoms with E-state index in [1.807, 2.05) is 19.9 Å². The van der Waals surface area contributed by atoms with Crippen LogP contribution in [-0.2, 0) is 13.0 Å². The quantitative estimate of drug-likeness (QED) is 0.865. The first-order valence-electron chi connectivity index (χ1n) is 7.45. The van der Waals surface area contributed by atoms with Gasteiger partial charge in [-0.3, -0.25) is 9.67 Å². The Morgan fingerprint density at radius 3 is 2.67 bits per heavy atom. The molecule has 1 atom stereocenters. The number of nitrogens with one attached hydrogen (secondary N) is 1. The predicted octanol–water partition coefficient (Wildman–Crippen LogP) is 3.57. The fraction of sp³-hybridized carbons (Fsp3) is 0.500. The van der Waals surface area contributed by atoms with E-state index >= 15 is 0 Å². The van der Waals surface area contributed by atoms with Gasteiger partial charge in [-0.05, 0) is 55.4 Å². The van der Waals surface area contributed by atoms with Crippen molar-refractivity contribution >= 4 is 15.9 Å². The second-order valence-electron chi connectivity index (χ2n) is 5.18. The minimum Gasteiger partial charge on any atom is -0.309 e. The molecule has 0 bridgehead atoms. The number of hydrogen-bond acceptors (Lipinski definition) is 3. The molecule has 0 saturated carbocycles. The van der Waals surface area contributed by atoms with Gasteiger partial charge in [-0.25, -0.2) is 0 Å². The van der Waals surface area contributed by atoms with E-state index in [0.29, 0.717) is 0 Å². The highest BCUT2D eigenvalue weighted by Crippen LogP contribution is 2.26. The molecule has 2 heterocycles. The standard InChI is InChI=1S/C16H23BrN4/c1-5-18-14(13-9-7-8-11(3)19-13)10-15-16(17)12(4)20-21(15)6-2/h7-9,14,18H,5-6,10H2,1-4H3. The van der Waals surface area contributed by atoms with Gasteiger partial charge in [0.1, 0.15) is 0 Å². The third-order valence-corrected chi connectivity index (χ3v) is 4.60. The smallest absolute Gasteiger partial charge is 0.0738 e. The second kappa shape index (κ2) is 7.18. The van der Waals surface area contributed by atoms with E-state index in [-0.39, 0.29) is 6.04 Å². The molecule has 0 aliphatic heterocycles. The van der Waals surface area contributed by atoms with Gasteiger partial charge in [-0.2, -0.15) is 5.10 Å². The lowest BCUT2D eigenvalue weighted by Crippen LogP contribution is -2.25. The van der Waals surface area contributed by atoms with Crippen LogP contribution in [0, 0.1) is 13.8 Å². The summed E-state index contributed by atoms with van der Waals surface area (Å²) in [5.74, 6) is 0. The van der Waals surface area contributed by atoms with Crippen LogP contribution in [0.1, 0.15) is 42.7 Å². The van der Waals surface area contributed by atoms with Crippen LogP contribution in [0.25, 0.3) is 0 Å². The molecule has 2 aromatic rings. The summed E-state index contributed by atoms with van der Waals surface area (Å²) in [7, 11) is 0. The van der Waals surface area contributed by atoms with Crippen LogP contribution in [0.15, 0.2) is 22.7 Å². The van der Waals surface area contributed by atoms with Crippen molar-refractivity contribution in [1.29, 1.82) is 0 Å². The molecule has 0 spiro atoms. The summed E-state index contributed by atoms with van der Waals surface area (Å²) >= 11 is 3.68. The average Bonchev–Trinajstić information content (AvgIpc) is 2.74. The topological polar surface area (TPSA) is 42.7 Å². The number of pyridine rings is 1. The number of likely N-dealkylation sites (N-methyl/N-ethyl adjacent to an activating group) is 1. The first-order chi connectivity index (χ1) is 10.1. The van der Waals surface area contributed by atoms with E-state index in [1.54, 1.807) is 0 Å². The molecule has 1 unspecified atom stereocenters. The molecule has 0 radical (unpaired) electrons. The molecule has 114 valence electrons. The monoisotopic (exact) mass is 350 g/mol. The lowest BCUT2D eigenvalue weighted by atomic mass is 10.1. The normalized spacial score (nSPS) is 12.6. The molecular weight excluding hydrogens is 328 g/mol. The minimum atomic E-state index is 0.201. The van der Waals surface area contributed by atoms with E-state index in [0.717, 1.165) is 41.1 Å². The molecule has 0 fully saturated rings. The number of nitrogens with zero attached hydrogens (tertiary/aromatic N) is 3. The van der Waals surface area contributed by atoms with Crippen LogP contribution in [0.3, 0.4) is 0 Å². The van der Waals surface area contributed by atoms with Gasteiger partial charge in [0.05, 0.1) is 27.6 Å². The molecule has 2 aromatic heterocycles. The first kappa shape index (κ1) is 16.2.